The van der Waals surface area contributed by atoms with Crippen molar-refractivity contribution in [3.05, 3.63) is 107 Å². The summed E-state index contributed by atoms with van der Waals surface area (Å²) in [5.74, 6) is 1.28. The summed E-state index contributed by atoms with van der Waals surface area (Å²) in [7, 11) is 0. The lowest BCUT2D eigenvalue weighted by Crippen LogP contribution is -2.40. The number of carbonyl (C=O) groups excluding carboxylic acids is 1. The van der Waals surface area contributed by atoms with E-state index in [2.05, 4.69) is 46.1 Å². The zero-order valence-electron chi connectivity index (χ0n) is 22.8. The molecule has 2 aromatic heterocycles. The molecule has 0 saturated carbocycles. The zero-order valence-corrected chi connectivity index (χ0v) is 23.6. The van der Waals surface area contributed by atoms with Gasteiger partial charge in [-0.2, -0.15) is 5.26 Å². The fraction of sp³-hybridized carbons (Fsp3) is 0.242. The lowest BCUT2D eigenvalue weighted by molar-refractivity contribution is 0.195. The summed E-state index contributed by atoms with van der Waals surface area (Å²) in [4.78, 5) is 24.4. The number of benzene rings is 2. The van der Waals surface area contributed by atoms with Crippen molar-refractivity contribution in [2.75, 3.05) is 18.4 Å². The highest BCUT2D eigenvalue weighted by Gasteiger charge is 2.29. The Balaban J connectivity index is 1.35. The van der Waals surface area contributed by atoms with Crippen molar-refractivity contribution in [2.45, 2.75) is 38.6 Å². The van der Waals surface area contributed by atoms with Crippen LogP contribution in [0.1, 0.15) is 48.2 Å². The van der Waals surface area contributed by atoms with Crippen molar-refractivity contribution in [3.63, 3.8) is 0 Å². The predicted molar refractivity (Wildman–Crippen MR) is 163 cm³/mol. The van der Waals surface area contributed by atoms with Crippen LogP contribution in [-0.4, -0.2) is 38.6 Å². The number of likely N-dealkylation sites (tertiary alicyclic amines) is 1. The van der Waals surface area contributed by atoms with Gasteiger partial charge in [0, 0.05) is 84.9 Å². The number of aromatic nitrogens is 3. The lowest BCUT2D eigenvalue weighted by Gasteiger charge is -2.31. The highest BCUT2D eigenvalue weighted by Crippen LogP contribution is 2.38. The van der Waals surface area contributed by atoms with Crippen LogP contribution in [0, 0.1) is 11.3 Å². The van der Waals surface area contributed by atoms with Crippen molar-refractivity contribution in [1.82, 2.24) is 19.4 Å². The number of fused-ring (bicyclic) bond motifs is 2. The molecule has 1 aliphatic rings. The molecule has 1 N–H and O–H groups in total. The molecule has 3 aromatic carbocycles. The molecule has 0 radical (unpaired) electrons. The van der Waals surface area contributed by atoms with Crippen molar-refractivity contribution in [2.24, 2.45) is 0 Å². The zero-order chi connectivity index (χ0) is 28.3. The van der Waals surface area contributed by atoms with E-state index < -0.39 is 0 Å². The van der Waals surface area contributed by atoms with Crippen LogP contribution < -0.4 is 5.32 Å². The molecule has 1 aliphatic heterocycles. The molecular formula is C33H30ClN6O+. The molecule has 204 valence electrons. The van der Waals surface area contributed by atoms with Crippen molar-refractivity contribution >= 4 is 45.0 Å². The molecule has 0 spiro atoms. The normalized spacial score (nSPS) is 13.8. The van der Waals surface area contributed by atoms with E-state index in [4.69, 9.17) is 21.8 Å². The molecule has 8 heteroatoms. The van der Waals surface area contributed by atoms with Gasteiger partial charge in [0.15, 0.2) is 0 Å². The highest BCUT2D eigenvalue weighted by atomic mass is 35.5. The van der Waals surface area contributed by atoms with Crippen LogP contribution in [0.15, 0.2) is 79.3 Å². The Hall–Kier alpha value is -4.54. The third-order valence-electron chi connectivity index (χ3n) is 7.96. The van der Waals surface area contributed by atoms with E-state index in [0.717, 1.165) is 46.8 Å². The first-order chi connectivity index (χ1) is 20.0. The number of pyridine rings is 1. The topological polar surface area (TPSA) is 86.8 Å². The van der Waals surface area contributed by atoms with Crippen LogP contribution in [0.4, 0.5) is 10.5 Å². The second kappa shape index (κ2) is 11.5. The van der Waals surface area contributed by atoms with E-state index in [1.807, 2.05) is 41.7 Å². The molecule has 0 bridgehead atoms. The summed E-state index contributed by atoms with van der Waals surface area (Å²) >= 11 is 6.51. The fourth-order valence-electron chi connectivity index (χ4n) is 5.90. The van der Waals surface area contributed by atoms with Crippen LogP contribution in [0.5, 0.6) is 0 Å². The van der Waals surface area contributed by atoms with E-state index in [1.165, 1.54) is 11.1 Å². The van der Waals surface area contributed by atoms with Crippen molar-refractivity contribution in [1.29, 1.82) is 5.26 Å². The Bertz CT molecular complexity index is 1790. The second-order valence-electron chi connectivity index (χ2n) is 10.4. The van der Waals surface area contributed by atoms with Crippen LogP contribution in [0.3, 0.4) is 0 Å². The number of hydrogen-bond acceptors (Lipinski definition) is 4. The first kappa shape index (κ1) is 26.7. The minimum Gasteiger partial charge on any atom is -0.324 e. The Labute approximate surface area is 244 Å². The summed E-state index contributed by atoms with van der Waals surface area (Å²) < 4.78 is 2.20. The van der Waals surface area contributed by atoms with E-state index in [1.54, 1.807) is 24.3 Å². The maximum atomic E-state index is 13.0. The molecule has 0 unspecified atom stereocenters. The number of nitrogens with one attached hydrogen (secondary N) is 1. The average Bonchev–Trinajstić information content (AvgIpc) is 3.41. The number of nitriles is 1. The summed E-state index contributed by atoms with van der Waals surface area (Å²) in [5, 5.41) is 16.0. The number of carbonyl (C=O) groups is 1. The molecule has 3 heterocycles. The number of piperidine rings is 1. The van der Waals surface area contributed by atoms with Crippen LogP contribution in [0.2, 0.25) is 5.02 Å². The van der Waals surface area contributed by atoms with Crippen LogP contribution >= 0.6 is 11.6 Å². The van der Waals surface area contributed by atoms with Gasteiger partial charge in [-0.3, -0.25) is 0 Å². The lowest BCUT2D eigenvalue weighted by atomic mass is 9.86. The van der Waals surface area contributed by atoms with E-state index in [9.17, 15) is 4.79 Å². The van der Waals surface area contributed by atoms with E-state index in [0.29, 0.717) is 35.9 Å². The first-order valence-electron chi connectivity index (χ1n) is 13.9. The second-order valence-corrected chi connectivity index (χ2v) is 10.9. The molecule has 0 aliphatic carbocycles. The largest absolute Gasteiger partial charge is 0.324 e. The Morgan fingerprint density at radius 2 is 1.90 bits per heavy atom. The number of imidazole rings is 1. The molecule has 0 atom stereocenters. The minimum absolute atomic E-state index is 0.124. The SMILES string of the molecule is CCc1nccn1Cc1c[c+]2cc(Cl)ccc2c(C2CCN(C(=O)Nc3ccc(C#N)cc3)CC2)c2ncccc12. The third kappa shape index (κ3) is 5.44. The molecule has 41 heavy (non-hydrogen) atoms. The number of urea groups is 1. The molecule has 6 rings (SSSR count). The van der Waals surface area contributed by atoms with Gasteiger partial charge in [0.1, 0.15) is 16.4 Å². The first-order valence-corrected chi connectivity index (χ1v) is 14.3. The van der Waals surface area contributed by atoms with Gasteiger partial charge < -0.3 is 14.8 Å². The summed E-state index contributed by atoms with van der Waals surface area (Å²) in [5.41, 5.74) is 4.62. The molecule has 7 nitrogen and oxygen atoms in total. The Kier molecular flexibility index (Phi) is 7.49. The standard InChI is InChI=1S/C33H29ClN6O/c1-2-30-36-14-17-40(30)21-25-18-24-19-26(34)7-10-28(24)31(32-29(25)4-3-13-37-32)23-11-15-39(16-12-23)33(41)38-27-8-5-22(20-35)6-9-27/h3-10,13-14,17-19,23H,2,11-12,15-16,21H2,1H3/p+1. The quantitative estimate of drug-likeness (QED) is 0.226. The molecule has 1 fully saturated rings. The summed E-state index contributed by atoms with van der Waals surface area (Å²) in [6, 6.07) is 21.4. The molecule has 5 aromatic rings. The number of anilines is 1. The number of nitrogens with zero attached hydrogens (tertiary/aromatic N) is 5. The highest BCUT2D eigenvalue weighted by molar-refractivity contribution is 6.31. The Morgan fingerprint density at radius 1 is 1.10 bits per heavy atom. The molecular weight excluding hydrogens is 532 g/mol. The molecule has 2 amide bonds. The van der Waals surface area contributed by atoms with Gasteiger partial charge in [0.2, 0.25) is 0 Å². The third-order valence-corrected chi connectivity index (χ3v) is 8.19. The van der Waals surface area contributed by atoms with Gasteiger partial charge in [-0.25, -0.2) is 14.8 Å². The minimum atomic E-state index is -0.124. The van der Waals surface area contributed by atoms with E-state index >= 15 is 0 Å². The van der Waals surface area contributed by atoms with Crippen LogP contribution in [0.25, 0.3) is 21.7 Å². The van der Waals surface area contributed by atoms with Gasteiger partial charge in [-0.1, -0.05) is 6.92 Å². The smallest absolute Gasteiger partial charge is 0.321 e. The monoisotopic (exact) mass is 561 g/mol. The molecule has 1 saturated heterocycles. The number of hydrogen-bond donors (Lipinski definition) is 1. The summed E-state index contributed by atoms with van der Waals surface area (Å²) in [6.07, 6.45) is 8.26. The van der Waals surface area contributed by atoms with Gasteiger partial charge in [0.25, 0.3) is 0 Å². The fourth-order valence-corrected chi connectivity index (χ4v) is 6.08. The Morgan fingerprint density at radius 3 is 2.66 bits per heavy atom. The van der Waals surface area contributed by atoms with E-state index in [-0.39, 0.29) is 11.9 Å². The van der Waals surface area contributed by atoms with Crippen molar-refractivity contribution in [3.8, 4) is 6.07 Å². The maximum absolute atomic E-state index is 13.0. The number of aryl methyl sites for hydroxylation is 1. The maximum Gasteiger partial charge on any atom is 0.321 e. The van der Waals surface area contributed by atoms with Crippen molar-refractivity contribution < 1.29 is 4.79 Å². The number of rotatable bonds is 5. The average molecular weight is 562 g/mol. The van der Waals surface area contributed by atoms with Gasteiger partial charge in [-0.15, -0.1) is 0 Å². The number of amides is 2. The summed E-state index contributed by atoms with van der Waals surface area (Å²) in [6.45, 7) is 4.08. The van der Waals surface area contributed by atoms with Crippen LogP contribution in [-0.2, 0) is 13.0 Å². The van der Waals surface area contributed by atoms with Gasteiger partial charge in [0.05, 0.1) is 34.5 Å². The number of halogens is 1. The van der Waals surface area contributed by atoms with Gasteiger partial charge in [-0.05, 0) is 60.8 Å². The van der Waals surface area contributed by atoms with Gasteiger partial charge >= 0.3 is 6.03 Å². The predicted octanol–water partition coefficient (Wildman–Crippen LogP) is 7.41.